The number of nitrogen functional groups attached to an aromatic ring is 1. The summed E-state index contributed by atoms with van der Waals surface area (Å²) >= 11 is 11.0. The molecule has 1 aromatic carbocycles. The molecule has 0 bridgehead atoms. The third kappa shape index (κ3) is 3.04. The third-order valence-electron chi connectivity index (χ3n) is 2.24. The fourth-order valence-electron chi connectivity index (χ4n) is 1.46. The normalized spacial score (nSPS) is 10.3. The minimum absolute atomic E-state index is 0.0945. The second-order valence-electron chi connectivity index (χ2n) is 3.55. The second kappa shape index (κ2) is 5.73. The summed E-state index contributed by atoms with van der Waals surface area (Å²) < 4.78 is 6.69. The van der Waals surface area contributed by atoms with E-state index in [0.717, 1.165) is 9.35 Å². The smallest absolute Gasteiger partial charge is 0.132 e. The van der Waals surface area contributed by atoms with Crippen LogP contribution in [0.1, 0.15) is 10.4 Å². The number of ether oxygens (including phenoxy) is 1. The number of halogens is 2. The molecular weight excluding hydrogens is 336 g/mol. The molecule has 1 aromatic heterocycles. The Labute approximate surface area is 122 Å². The highest BCUT2D eigenvalue weighted by molar-refractivity contribution is 9.10. The van der Waals surface area contributed by atoms with E-state index < -0.39 is 0 Å². The van der Waals surface area contributed by atoms with Crippen LogP contribution in [0.3, 0.4) is 0 Å². The molecule has 1 heterocycles. The number of nitrogens with one attached hydrogen (secondary N) is 1. The van der Waals surface area contributed by atoms with Crippen LogP contribution in [-0.4, -0.2) is 5.84 Å². The molecule has 0 saturated carbocycles. The van der Waals surface area contributed by atoms with Gasteiger partial charge in [0.1, 0.15) is 18.2 Å². The standard InChI is InChI=1S/C12H10BrClN2OS/c13-7-4-8(18-6-7)5-17-10-3-1-2-9(14)11(10)12(15)16/h1-4,6H,5H2,(H3,15,16). The van der Waals surface area contributed by atoms with E-state index >= 15 is 0 Å². The topological polar surface area (TPSA) is 59.1 Å². The van der Waals surface area contributed by atoms with Crippen LogP contribution in [0, 0.1) is 5.41 Å². The average Bonchev–Trinajstić information content (AvgIpc) is 2.72. The third-order valence-corrected chi connectivity index (χ3v) is 4.22. The average molecular weight is 346 g/mol. The van der Waals surface area contributed by atoms with Crippen LogP contribution in [0.5, 0.6) is 5.75 Å². The second-order valence-corrected chi connectivity index (χ2v) is 5.87. The lowest BCUT2D eigenvalue weighted by Crippen LogP contribution is -2.13. The fraction of sp³-hybridized carbons (Fsp3) is 0.0833. The SMILES string of the molecule is N=C(N)c1c(Cl)cccc1OCc1cc(Br)cs1. The van der Waals surface area contributed by atoms with Gasteiger partial charge in [0.25, 0.3) is 0 Å². The molecule has 94 valence electrons. The Morgan fingerprint density at radius 3 is 2.89 bits per heavy atom. The molecule has 0 aliphatic heterocycles. The molecule has 0 unspecified atom stereocenters. The van der Waals surface area contributed by atoms with E-state index in [4.69, 9.17) is 27.5 Å². The molecule has 2 aromatic rings. The van der Waals surface area contributed by atoms with Crippen LogP contribution in [0.25, 0.3) is 0 Å². The van der Waals surface area contributed by atoms with E-state index in [1.807, 2.05) is 11.4 Å². The van der Waals surface area contributed by atoms with E-state index in [9.17, 15) is 0 Å². The summed E-state index contributed by atoms with van der Waals surface area (Å²) in [6.07, 6.45) is 0. The first-order valence-corrected chi connectivity index (χ1v) is 7.11. The molecule has 0 aliphatic rings. The van der Waals surface area contributed by atoms with Gasteiger partial charge in [0.2, 0.25) is 0 Å². The van der Waals surface area contributed by atoms with Crippen molar-refractivity contribution in [2.75, 3.05) is 0 Å². The summed E-state index contributed by atoms with van der Waals surface area (Å²) in [5.74, 6) is 0.433. The number of benzene rings is 1. The van der Waals surface area contributed by atoms with Gasteiger partial charge in [-0.3, -0.25) is 5.41 Å². The van der Waals surface area contributed by atoms with Crippen molar-refractivity contribution in [1.82, 2.24) is 0 Å². The molecule has 0 saturated heterocycles. The Kier molecular flexibility index (Phi) is 4.27. The molecule has 3 N–H and O–H groups in total. The first-order chi connectivity index (χ1) is 8.58. The van der Waals surface area contributed by atoms with Crippen LogP contribution in [0.2, 0.25) is 5.02 Å². The number of thiophene rings is 1. The number of amidine groups is 1. The van der Waals surface area contributed by atoms with Crippen LogP contribution < -0.4 is 10.5 Å². The number of nitrogens with two attached hydrogens (primary N) is 1. The number of hydrogen-bond donors (Lipinski definition) is 2. The van der Waals surface area contributed by atoms with Gasteiger partial charge in [0, 0.05) is 14.7 Å². The van der Waals surface area contributed by atoms with Gasteiger partial charge in [-0.2, -0.15) is 0 Å². The molecule has 18 heavy (non-hydrogen) atoms. The van der Waals surface area contributed by atoms with Crippen molar-refractivity contribution >= 4 is 44.7 Å². The van der Waals surface area contributed by atoms with Gasteiger partial charge in [-0.05, 0) is 34.1 Å². The van der Waals surface area contributed by atoms with Gasteiger partial charge >= 0.3 is 0 Å². The van der Waals surface area contributed by atoms with Crippen molar-refractivity contribution in [3.63, 3.8) is 0 Å². The summed E-state index contributed by atoms with van der Waals surface area (Å²) in [6, 6.07) is 7.20. The molecule has 3 nitrogen and oxygen atoms in total. The van der Waals surface area contributed by atoms with Gasteiger partial charge in [-0.15, -0.1) is 11.3 Å². The van der Waals surface area contributed by atoms with E-state index in [0.29, 0.717) is 22.9 Å². The lowest BCUT2D eigenvalue weighted by atomic mass is 10.2. The Hall–Kier alpha value is -1.04. The Morgan fingerprint density at radius 1 is 1.50 bits per heavy atom. The molecule has 0 radical (unpaired) electrons. The predicted molar refractivity (Wildman–Crippen MR) is 78.8 cm³/mol. The van der Waals surface area contributed by atoms with Gasteiger partial charge < -0.3 is 10.5 Å². The van der Waals surface area contributed by atoms with Crippen molar-refractivity contribution in [1.29, 1.82) is 5.41 Å². The van der Waals surface area contributed by atoms with E-state index in [-0.39, 0.29) is 5.84 Å². The van der Waals surface area contributed by atoms with E-state index in [1.165, 1.54) is 0 Å². The zero-order valence-corrected chi connectivity index (χ0v) is 12.4. The highest BCUT2D eigenvalue weighted by Gasteiger charge is 2.11. The predicted octanol–water partition coefficient (Wildman–Crippen LogP) is 4.03. The van der Waals surface area contributed by atoms with Crippen molar-refractivity contribution < 1.29 is 4.74 Å². The zero-order valence-electron chi connectivity index (χ0n) is 9.24. The zero-order chi connectivity index (χ0) is 13.1. The maximum absolute atomic E-state index is 7.51. The maximum Gasteiger partial charge on any atom is 0.132 e. The molecule has 0 fully saturated rings. The molecule has 0 atom stereocenters. The summed E-state index contributed by atoms with van der Waals surface area (Å²) in [7, 11) is 0. The lowest BCUT2D eigenvalue weighted by Gasteiger charge is -2.11. The Morgan fingerprint density at radius 2 is 2.28 bits per heavy atom. The van der Waals surface area contributed by atoms with E-state index in [1.54, 1.807) is 29.5 Å². The molecule has 6 heteroatoms. The minimum Gasteiger partial charge on any atom is -0.487 e. The fourth-order valence-corrected chi connectivity index (χ4v) is 3.09. The molecule has 0 aliphatic carbocycles. The van der Waals surface area contributed by atoms with Gasteiger partial charge in [-0.1, -0.05) is 17.7 Å². The monoisotopic (exact) mass is 344 g/mol. The van der Waals surface area contributed by atoms with Gasteiger partial charge in [0.05, 0.1) is 10.6 Å². The van der Waals surface area contributed by atoms with Gasteiger partial charge in [0.15, 0.2) is 0 Å². The van der Waals surface area contributed by atoms with Crippen LogP contribution in [0.4, 0.5) is 0 Å². The minimum atomic E-state index is -0.0945. The number of hydrogen-bond acceptors (Lipinski definition) is 3. The summed E-state index contributed by atoms with van der Waals surface area (Å²) in [5, 5.41) is 9.92. The first-order valence-electron chi connectivity index (χ1n) is 5.06. The lowest BCUT2D eigenvalue weighted by molar-refractivity contribution is 0.309. The van der Waals surface area contributed by atoms with E-state index in [2.05, 4.69) is 15.9 Å². The molecule has 0 amide bonds. The highest BCUT2D eigenvalue weighted by atomic mass is 79.9. The van der Waals surface area contributed by atoms with Crippen molar-refractivity contribution in [2.45, 2.75) is 6.61 Å². The first kappa shape index (κ1) is 13.4. The van der Waals surface area contributed by atoms with Crippen LogP contribution in [-0.2, 0) is 6.61 Å². The van der Waals surface area contributed by atoms with Gasteiger partial charge in [-0.25, -0.2) is 0 Å². The van der Waals surface area contributed by atoms with Crippen molar-refractivity contribution in [3.8, 4) is 5.75 Å². The largest absolute Gasteiger partial charge is 0.487 e. The Bertz CT molecular complexity index is 585. The summed E-state index contributed by atoms with van der Waals surface area (Å²) in [5.41, 5.74) is 5.94. The molecule has 2 rings (SSSR count). The van der Waals surface area contributed by atoms with Crippen molar-refractivity contribution in [3.05, 3.63) is 49.6 Å². The summed E-state index contributed by atoms with van der Waals surface area (Å²) in [4.78, 5) is 1.08. The molecule has 0 spiro atoms. The highest BCUT2D eigenvalue weighted by Crippen LogP contribution is 2.27. The quantitative estimate of drug-likeness (QED) is 0.649. The Balaban J connectivity index is 2.19. The van der Waals surface area contributed by atoms with Crippen molar-refractivity contribution in [2.24, 2.45) is 5.73 Å². The van der Waals surface area contributed by atoms with Crippen LogP contribution in [0.15, 0.2) is 34.1 Å². The molecular formula is C12H10BrClN2OS. The van der Waals surface area contributed by atoms with Crippen LogP contribution >= 0.6 is 38.9 Å². The maximum atomic E-state index is 7.51. The number of rotatable bonds is 4. The summed E-state index contributed by atoms with van der Waals surface area (Å²) in [6.45, 7) is 0.427.